The summed E-state index contributed by atoms with van der Waals surface area (Å²) in [5, 5.41) is 0.721. The number of ketones is 1. The van der Waals surface area contributed by atoms with E-state index in [1.54, 1.807) is 6.08 Å². The standard InChI is InChI=1S/C13H18BrN3O/c1-9-4-5-10(2)17(9)13(15)8-12(11(3)18)16-7-6-14/h4-5,8H,6-7,15H2,1-3H3. The van der Waals surface area contributed by atoms with Crippen LogP contribution in [0.4, 0.5) is 0 Å². The van der Waals surface area contributed by atoms with Crippen LogP contribution in [-0.2, 0) is 4.79 Å². The number of nitrogens with zero attached hydrogens (tertiary/aromatic N) is 2. The van der Waals surface area contributed by atoms with Crippen molar-refractivity contribution in [2.75, 3.05) is 11.9 Å². The molecule has 18 heavy (non-hydrogen) atoms. The van der Waals surface area contributed by atoms with E-state index in [0.29, 0.717) is 18.1 Å². The minimum absolute atomic E-state index is 0.0821. The lowest BCUT2D eigenvalue weighted by molar-refractivity contribution is -0.111. The number of aromatic nitrogens is 1. The third-order valence-electron chi connectivity index (χ3n) is 2.54. The number of allylic oxidation sites excluding steroid dienone is 1. The predicted molar refractivity (Wildman–Crippen MR) is 79.1 cm³/mol. The van der Waals surface area contributed by atoms with E-state index in [2.05, 4.69) is 20.9 Å². The molecule has 0 saturated heterocycles. The first-order chi connectivity index (χ1) is 8.47. The number of Topliss-reactive ketones (excluding diaryl/α,β-unsaturated/α-hetero) is 1. The predicted octanol–water partition coefficient (Wildman–Crippen LogP) is 2.29. The largest absolute Gasteiger partial charge is 0.385 e. The Hall–Kier alpha value is -1.36. The van der Waals surface area contributed by atoms with Gasteiger partial charge in [-0.25, -0.2) is 0 Å². The first-order valence-electron chi connectivity index (χ1n) is 5.71. The molecule has 0 aliphatic rings. The highest BCUT2D eigenvalue weighted by Gasteiger charge is 2.07. The maximum Gasteiger partial charge on any atom is 0.177 e. The third-order valence-corrected chi connectivity index (χ3v) is 2.90. The fourth-order valence-electron chi connectivity index (χ4n) is 1.70. The zero-order valence-electron chi connectivity index (χ0n) is 10.9. The van der Waals surface area contributed by atoms with Crippen LogP contribution in [0.15, 0.2) is 23.2 Å². The van der Waals surface area contributed by atoms with Gasteiger partial charge in [-0.05, 0) is 26.0 Å². The van der Waals surface area contributed by atoms with Gasteiger partial charge in [0, 0.05) is 36.3 Å². The molecule has 2 N–H and O–H groups in total. The number of aryl methyl sites for hydroxylation is 2. The molecule has 5 heteroatoms. The number of rotatable bonds is 5. The van der Waals surface area contributed by atoms with Gasteiger partial charge in [-0.3, -0.25) is 9.79 Å². The topological polar surface area (TPSA) is 60.4 Å². The van der Waals surface area contributed by atoms with Gasteiger partial charge in [0.1, 0.15) is 11.5 Å². The summed E-state index contributed by atoms with van der Waals surface area (Å²) >= 11 is 3.28. The molecule has 1 rings (SSSR count). The molecule has 0 aliphatic heterocycles. The van der Waals surface area contributed by atoms with Gasteiger partial charge in [-0.1, -0.05) is 15.9 Å². The summed E-state index contributed by atoms with van der Waals surface area (Å²) in [6.45, 7) is 5.99. The maximum absolute atomic E-state index is 11.5. The van der Waals surface area contributed by atoms with Gasteiger partial charge in [0.05, 0.1) is 0 Å². The van der Waals surface area contributed by atoms with Crippen molar-refractivity contribution in [3.63, 3.8) is 0 Å². The van der Waals surface area contributed by atoms with Crippen LogP contribution in [0.1, 0.15) is 18.3 Å². The molecule has 98 valence electrons. The van der Waals surface area contributed by atoms with Gasteiger partial charge >= 0.3 is 0 Å². The number of hydrogen-bond acceptors (Lipinski definition) is 3. The lowest BCUT2D eigenvalue weighted by Gasteiger charge is -2.09. The Morgan fingerprint density at radius 1 is 1.44 bits per heavy atom. The van der Waals surface area contributed by atoms with Crippen molar-refractivity contribution in [1.82, 2.24) is 4.57 Å². The van der Waals surface area contributed by atoms with E-state index >= 15 is 0 Å². The van der Waals surface area contributed by atoms with Crippen LogP contribution in [0.3, 0.4) is 0 Å². The summed E-state index contributed by atoms with van der Waals surface area (Å²) in [7, 11) is 0. The van der Waals surface area contributed by atoms with Crippen molar-refractivity contribution in [3.05, 3.63) is 29.6 Å². The van der Waals surface area contributed by atoms with E-state index in [9.17, 15) is 4.79 Å². The van der Waals surface area contributed by atoms with E-state index in [-0.39, 0.29) is 5.78 Å². The van der Waals surface area contributed by atoms with Crippen LogP contribution < -0.4 is 5.73 Å². The first kappa shape index (κ1) is 14.7. The molecule has 0 aromatic carbocycles. The normalized spacial score (nSPS) is 12.9. The molecular weight excluding hydrogens is 294 g/mol. The van der Waals surface area contributed by atoms with Crippen LogP contribution in [-0.4, -0.2) is 27.9 Å². The Balaban J connectivity index is 3.10. The summed E-state index contributed by atoms with van der Waals surface area (Å²) in [4.78, 5) is 15.7. The highest BCUT2D eigenvalue weighted by atomic mass is 79.9. The second-order valence-corrected chi connectivity index (χ2v) is 4.83. The van der Waals surface area contributed by atoms with Gasteiger partial charge in [-0.15, -0.1) is 0 Å². The van der Waals surface area contributed by atoms with Crippen LogP contribution >= 0.6 is 15.9 Å². The SMILES string of the molecule is CC(=O)C(C=C(N)n1c(C)ccc1C)=NCCBr. The zero-order chi connectivity index (χ0) is 13.7. The summed E-state index contributed by atoms with van der Waals surface area (Å²) in [5.41, 5.74) is 8.50. The second kappa shape index (κ2) is 6.54. The molecule has 4 nitrogen and oxygen atoms in total. The van der Waals surface area contributed by atoms with E-state index in [1.807, 2.05) is 30.5 Å². The molecular formula is C13H18BrN3O. The quantitative estimate of drug-likeness (QED) is 0.670. The van der Waals surface area contributed by atoms with Crippen LogP contribution in [0.2, 0.25) is 0 Å². The minimum Gasteiger partial charge on any atom is -0.385 e. The fraction of sp³-hybridized carbons (Fsp3) is 0.385. The van der Waals surface area contributed by atoms with E-state index in [4.69, 9.17) is 5.73 Å². The van der Waals surface area contributed by atoms with Crippen molar-refractivity contribution < 1.29 is 4.79 Å². The Labute approximate surface area is 116 Å². The monoisotopic (exact) mass is 311 g/mol. The zero-order valence-corrected chi connectivity index (χ0v) is 12.5. The van der Waals surface area contributed by atoms with Gasteiger partial charge in [0.2, 0.25) is 0 Å². The Bertz CT molecular complexity index is 481. The van der Waals surface area contributed by atoms with Crippen molar-refractivity contribution in [1.29, 1.82) is 0 Å². The van der Waals surface area contributed by atoms with E-state index in [1.165, 1.54) is 6.92 Å². The highest BCUT2D eigenvalue weighted by molar-refractivity contribution is 9.09. The molecule has 0 radical (unpaired) electrons. The molecule has 0 unspecified atom stereocenters. The van der Waals surface area contributed by atoms with Gasteiger partial charge in [0.25, 0.3) is 0 Å². The van der Waals surface area contributed by atoms with Crippen molar-refractivity contribution >= 4 is 33.2 Å². The molecule has 0 saturated carbocycles. The average Bonchev–Trinajstić information content (AvgIpc) is 2.63. The Morgan fingerprint density at radius 2 is 2.00 bits per heavy atom. The number of carbonyl (C=O) groups excluding carboxylic acids is 1. The van der Waals surface area contributed by atoms with Gasteiger partial charge < -0.3 is 10.3 Å². The number of nitrogens with two attached hydrogens (primary N) is 1. The smallest absolute Gasteiger partial charge is 0.177 e. The molecule has 1 heterocycles. The van der Waals surface area contributed by atoms with Crippen molar-refractivity contribution in [3.8, 4) is 0 Å². The minimum atomic E-state index is -0.0821. The molecule has 1 aromatic rings. The van der Waals surface area contributed by atoms with Crippen molar-refractivity contribution in [2.24, 2.45) is 10.7 Å². The molecule has 0 spiro atoms. The van der Waals surface area contributed by atoms with E-state index < -0.39 is 0 Å². The van der Waals surface area contributed by atoms with Crippen molar-refractivity contribution in [2.45, 2.75) is 20.8 Å². The highest BCUT2D eigenvalue weighted by Crippen LogP contribution is 2.11. The number of halogens is 1. The Morgan fingerprint density at radius 3 is 2.44 bits per heavy atom. The summed E-state index contributed by atoms with van der Waals surface area (Å²) in [6.07, 6.45) is 1.63. The first-order valence-corrected chi connectivity index (χ1v) is 6.83. The number of carbonyl (C=O) groups is 1. The molecule has 0 amide bonds. The number of alkyl halides is 1. The number of hydrogen-bond donors (Lipinski definition) is 1. The summed E-state index contributed by atoms with van der Waals surface area (Å²) < 4.78 is 1.90. The summed E-state index contributed by atoms with van der Waals surface area (Å²) in [6, 6.07) is 3.97. The van der Waals surface area contributed by atoms with Crippen LogP contribution in [0.25, 0.3) is 5.82 Å². The third kappa shape index (κ3) is 3.57. The molecule has 0 aliphatic carbocycles. The molecule has 1 aromatic heterocycles. The second-order valence-electron chi connectivity index (χ2n) is 4.03. The fourth-order valence-corrected chi connectivity index (χ4v) is 1.88. The van der Waals surface area contributed by atoms with E-state index in [0.717, 1.165) is 16.7 Å². The van der Waals surface area contributed by atoms with Crippen LogP contribution in [0, 0.1) is 13.8 Å². The Kier molecular flexibility index (Phi) is 5.34. The summed E-state index contributed by atoms with van der Waals surface area (Å²) in [5.74, 6) is 0.430. The lowest BCUT2D eigenvalue weighted by atomic mass is 10.2. The maximum atomic E-state index is 11.5. The number of aliphatic imine (C=N–C) groups is 1. The molecule has 0 fully saturated rings. The van der Waals surface area contributed by atoms with Gasteiger partial charge in [-0.2, -0.15) is 0 Å². The van der Waals surface area contributed by atoms with Gasteiger partial charge in [0.15, 0.2) is 5.78 Å². The molecule has 0 bridgehead atoms. The average molecular weight is 312 g/mol. The lowest BCUT2D eigenvalue weighted by Crippen LogP contribution is -2.15. The molecule has 0 atom stereocenters. The van der Waals surface area contributed by atoms with Crippen LogP contribution in [0.5, 0.6) is 0 Å².